The van der Waals surface area contributed by atoms with Crippen LogP contribution in [0, 0.1) is 5.92 Å². The maximum absolute atomic E-state index is 3.48. The van der Waals surface area contributed by atoms with Crippen LogP contribution in [-0.2, 0) is 0 Å². The van der Waals surface area contributed by atoms with Gasteiger partial charge >= 0.3 is 0 Å². The van der Waals surface area contributed by atoms with Crippen LogP contribution >= 0.6 is 0 Å². The van der Waals surface area contributed by atoms with Gasteiger partial charge in [0.05, 0.1) is 0 Å². The minimum atomic E-state index is 0.867. The molecule has 2 heteroatoms. The highest BCUT2D eigenvalue weighted by Crippen LogP contribution is 2.15. The normalized spacial score (nSPS) is 17.0. The highest BCUT2D eigenvalue weighted by molar-refractivity contribution is 4.94. The molecule has 0 aromatic carbocycles. The summed E-state index contributed by atoms with van der Waals surface area (Å²) in [6, 6.07) is 0. The third kappa shape index (κ3) is 5.06. The summed E-state index contributed by atoms with van der Waals surface area (Å²) in [6.07, 6.45) is 8.36. The van der Waals surface area contributed by atoms with Crippen molar-refractivity contribution in [1.29, 1.82) is 0 Å². The molecule has 0 aromatic rings. The Morgan fingerprint density at radius 2 is 1.77 bits per heavy atom. The first kappa shape index (κ1) is 10.7. The van der Waals surface area contributed by atoms with Gasteiger partial charge in [0, 0.05) is 13.1 Å². The van der Waals surface area contributed by atoms with Crippen molar-refractivity contribution < 1.29 is 0 Å². The van der Waals surface area contributed by atoms with E-state index in [-0.39, 0.29) is 0 Å². The maximum atomic E-state index is 3.48. The monoisotopic (exact) mass is 182 g/mol. The van der Waals surface area contributed by atoms with Crippen LogP contribution < -0.4 is 10.6 Å². The molecular formula is C11H22N2. The number of nitrogens with one attached hydrogen (secondary N) is 2. The van der Waals surface area contributed by atoms with Crippen LogP contribution in [0.25, 0.3) is 0 Å². The zero-order chi connectivity index (χ0) is 9.36. The molecular weight excluding hydrogens is 160 g/mol. The molecule has 0 amide bonds. The van der Waals surface area contributed by atoms with E-state index in [1.54, 1.807) is 0 Å². The summed E-state index contributed by atoms with van der Waals surface area (Å²) in [5.41, 5.74) is 0. The fourth-order valence-electron chi connectivity index (χ4n) is 1.62. The second kappa shape index (κ2) is 7.10. The van der Waals surface area contributed by atoms with E-state index in [2.05, 4.69) is 29.7 Å². The number of hydrogen-bond acceptors (Lipinski definition) is 2. The Balaban J connectivity index is 1.78. The quantitative estimate of drug-likeness (QED) is 0.461. The molecule has 0 saturated carbocycles. The van der Waals surface area contributed by atoms with Crippen LogP contribution in [-0.4, -0.2) is 26.2 Å². The molecule has 1 aliphatic rings. The van der Waals surface area contributed by atoms with E-state index < -0.39 is 0 Å². The Bertz CT molecular complexity index is 135. The van der Waals surface area contributed by atoms with Gasteiger partial charge in [-0.1, -0.05) is 19.1 Å². The maximum Gasteiger partial charge on any atom is 0.00768 e. The molecule has 0 fully saturated rings. The summed E-state index contributed by atoms with van der Waals surface area (Å²) in [5.74, 6) is 0.867. The molecule has 1 aliphatic carbocycles. The first-order valence-electron chi connectivity index (χ1n) is 5.50. The number of hydrogen-bond donors (Lipinski definition) is 2. The largest absolute Gasteiger partial charge is 0.315 e. The fourth-order valence-corrected chi connectivity index (χ4v) is 1.62. The van der Waals surface area contributed by atoms with E-state index >= 15 is 0 Å². The zero-order valence-electron chi connectivity index (χ0n) is 8.68. The third-order valence-electron chi connectivity index (χ3n) is 2.44. The molecule has 0 aliphatic heterocycles. The molecule has 0 bridgehead atoms. The molecule has 1 rings (SSSR count). The molecule has 0 saturated heterocycles. The SMILES string of the molecule is CCCNCCNCC1CC=CC1. The lowest BCUT2D eigenvalue weighted by atomic mass is 10.1. The van der Waals surface area contributed by atoms with Crippen LogP contribution in [0.1, 0.15) is 26.2 Å². The summed E-state index contributed by atoms with van der Waals surface area (Å²) in [4.78, 5) is 0. The molecule has 0 heterocycles. The average Bonchev–Trinajstić information content (AvgIpc) is 2.63. The first-order chi connectivity index (χ1) is 6.43. The zero-order valence-corrected chi connectivity index (χ0v) is 8.68. The molecule has 76 valence electrons. The number of rotatable bonds is 7. The highest BCUT2D eigenvalue weighted by Gasteiger charge is 2.08. The predicted molar refractivity (Wildman–Crippen MR) is 57.9 cm³/mol. The Morgan fingerprint density at radius 1 is 1.08 bits per heavy atom. The van der Waals surface area contributed by atoms with Gasteiger partial charge < -0.3 is 10.6 Å². The van der Waals surface area contributed by atoms with Crippen LogP contribution in [0.2, 0.25) is 0 Å². The van der Waals surface area contributed by atoms with Gasteiger partial charge in [-0.3, -0.25) is 0 Å². The molecule has 0 aromatic heterocycles. The topological polar surface area (TPSA) is 24.1 Å². The van der Waals surface area contributed by atoms with Crippen molar-refractivity contribution in [3.05, 3.63) is 12.2 Å². The molecule has 0 atom stereocenters. The van der Waals surface area contributed by atoms with Crippen molar-refractivity contribution in [2.75, 3.05) is 26.2 Å². The predicted octanol–water partition coefficient (Wildman–Crippen LogP) is 1.54. The van der Waals surface area contributed by atoms with E-state index in [9.17, 15) is 0 Å². The van der Waals surface area contributed by atoms with Crippen molar-refractivity contribution in [3.8, 4) is 0 Å². The van der Waals surface area contributed by atoms with E-state index in [1.165, 1.54) is 25.8 Å². The van der Waals surface area contributed by atoms with Crippen molar-refractivity contribution in [2.45, 2.75) is 26.2 Å². The molecule has 0 spiro atoms. The van der Waals surface area contributed by atoms with Crippen LogP contribution in [0.15, 0.2) is 12.2 Å². The molecule has 0 unspecified atom stereocenters. The van der Waals surface area contributed by atoms with Gasteiger partial charge in [-0.2, -0.15) is 0 Å². The van der Waals surface area contributed by atoms with E-state index in [0.717, 1.165) is 25.6 Å². The Morgan fingerprint density at radius 3 is 2.46 bits per heavy atom. The molecule has 13 heavy (non-hydrogen) atoms. The van der Waals surface area contributed by atoms with Gasteiger partial charge in [0.1, 0.15) is 0 Å². The average molecular weight is 182 g/mol. The Labute approximate surface area is 81.8 Å². The summed E-state index contributed by atoms with van der Waals surface area (Å²) in [5, 5.41) is 6.87. The van der Waals surface area contributed by atoms with Gasteiger partial charge in [-0.15, -0.1) is 0 Å². The van der Waals surface area contributed by atoms with E-state index in [1.807, 2.05) is 0 Å². The third-order valence-corrected chi connectivity index (χ3v) is 2.44. The standard InChI is InChI=1S/C11H22N2/c1-2-7-12-8-9-13-10-11-5-3-4-6-11/h3-4,11-13H,2,5-10H2,1H3. The van der Waals surface area contributed by atoms with E-state index in [4.69, 9.17) is 0 Å². The smallest absolute Gasteiger partial charge is 0.00768 e. The van der Waals surface area contributed by atoms with Crippen molar-refractivity contribution >= 4 is 0 Å². The van der Waals surface area contributed by atoms with Gasteiger partial charge in [-0.05, 0) is 38.3 Å². The van der Waals surface area contributed by atoms with Crippen molar-refractivity contribution in [3.63, 3.8) is 0 Å². The lowest BCUT2D eigenvalue weighted by Crippen LogP contribution is -2.30. The molecule has 2 N–H and O–H groups in total. The molecule has 0 radical (unpaired) electrons. The second-order valence-electron chi connectivity index (χ2n) is 3.76. The van der Waals surface area contributed by atoms with Crippen molar-refractivity contribution in [1.82, 2.24) is 10.6 Å². The van der Waals surface area contributed by atoms with Crippen LogP contribution in [0.4, 0.5) is 0 Å². The van der Waals surface area contributed by atoms with E-state index in [0.29, 0.717) is 0 Å². The minimum Gasteiger partial charge on any atom is -0.315 e. The lowest BCUT2D eigenvalue weighted by Gasteiger charge is -2.10. The Kier molecular flexibility index (Phi) is 5.87. The highest BCUT2D eigenvalue weighted by atomic mass is 14.9. The van der Waals surface area contributed by atoms with Gasteiger partial charge in [0.2, 0.25) is 0 Å². The summed E-state index contributed by atoms with van der Waals surface area (Å²) >= 11 is 0. The summed E-state index contributed by atoms with van der Waals surface area (Å²) < 4.78 is 0. The van der Waals surface area contributed by atoms with Crippen LogP contribution in [0.3, 0.4) is 0 Å². The van der Waals surface area contributed by atoms with Gasteiger partial charge in [0.25, 0.3) is 0 Å². The fraction of sp³-hybridized carbons (Fsp3) is 0.818. The second-order valence-corrected chi connectivity index (χ2v) is 3.76. The molecule has 2 nitrogen and oxygen atoms in total. The summed E-state index contributed by atoms with van der Waals surface area (Å²) in [7, 11) is 0. The summed E-state index contributed by atoms with van der Waals surface area (Å²) in [6.45, 7) is 6.74. The lowest BCUT2D eigenvalue weighted by molar-refractivity contribution is 0.496. The number of allylic oxidation sites excluding steroid dienone is 2. The van der Waals surface area contributed by atoms with Gasteiger partial charge in [0.15, 0.2) is 0 Å². The Hall–Kier alpha value is -0.340. The van der Waals surface area contributed by atoms with Gasteiger partial charge in [-0.25, -0.2) is 0 Å². The minimum absolute atomic E-state index is 0.867. The van der Waals surface area contributed by atoms with Crippen LogP contribution in [0.5, 0.6) is 0 Å². The van der Waals surface area contributed by atoms with Crippen molar-refractivity contribution in [2.24, 2.45) is 5.92 Å². The first-order valence-corrected chi connectivity index (χ1v) is 5.50.